The molecule has 24 heavy (non-hydrogen) atoms. The highest BCUT2D eigenvalue weighted by molar-refractivity contribution is 9.10. The predicted molar refractivity (Wildman–Crippen MR) is 98.4 cm³/mol. The minimum absolute atomic E-state index is 0.134. The number of aromatic nitrogens is 3. The van der Waals surface area contributed by atoms with E-state index >= 15 is 0 Å². The molecule has 0 bridgehead atoms. The Morgan fingerprint density at radius 3 is 2.71 bits per heavy atom. The van der Waals surface area contributed by atoms with Gasteiger partial charge in [0.25, 0.3) is 0 Å². The van der Waals surface area contributed by atoms with E-state index in [1.165, 1.54) is 25.0 Å². The molecule has 0 spiro atoms. The van der Waals surface area contributed by atoms with E-state index in [1.54, 1.807) is 0 Å². The Bertz CT molecular complexity index is 726. The standard InChI is InChI=1S/C18H25BrN4O/c1-2-18(8-3-9-18)21-17-20-11-16-14(19)10-15(23(16)22-17)12-4-6-13(24)7-5-12/h10-13,24H,2-9H2,1H3,(H,21,22)/t12-,13-. The number of aliphatic hydroxyl groups is 1. The first-order valence-electron chi connectivity index (χ1n) is 9.11. The molecule has 130 valence electrons. The summed E-state index contributed by atoms with van der Waals surface area (Å²) in [5, 5.41) is 18.2. The van der Waals surface area contributed by atoms with Crippen molar-refractivity contribution in [2.24, 2.45) is 0 Å². The zero-order valence-corrected chi connectivity index (χ0v) is 15.7. The number of halogens is 1. The molecule has 5 nitrogen and oxygen atoms in total. The predicted octanol–water partition coefficient (Wildman–Crippen LogP) is 4.25. The van der Waals surface area contributed by atoms with Crippen LogP contribution in [0.25, 0.3) is 5.52 Å². The summed E-state index contributed by atoms with van der Waals surface area (Å²) in [5.74, 6) is 1.18. The van der Waals surface area contributed by atoms with E-state index in [0.29, 0.717) is 5.92 Å². The van der Waals surface area contributed by atoms with Gasteiger partial charge in [0.2, 0.25) is 5.95 Å². The van der Waals surface area contributed by atoms with Gasteiger partial charge in [-0.3, -0.25) is 0 Å². The quantitative estimate of drug-likeness (QED) is 0.815. The van der Waals surface area contributed by atoms with Gasteiger partial charge >= 0.3 is 0 Å². The van der Waals surface area contributed by atoms with Gasteiger partial charge in [-0.05, 0) is 73.4 Å². The first-order chi connectivity index (χ1) is 11.6. The Morgan fingerprint density at radius 1 is 1.33 bits per heavy atom. The van der Waals surface area contributed by atoms with Crippen molar-refractivity contribution < 1.29 is 5.11 Å². The van der Waals surface area contributed by atoms with E-state index in [-0.39, 0.29) is 11.6 Å². The number of nitrogens with zero attached hydrogens (tertiary/aromatic N) is 3. The topological polar surface area (TPSA) is 62.5 Å². The van der Waals surface area contributed by atoms with Crippen LogP contribution in [0, 0.1) is 0 Å². The Kier molecular flexibility index (Phi) is 4.29. The lowest BCUT2D eigenvalue weighted by Gasteiger charge is -2.41. The van der Waals surface area contributed by atoms with Crippen LogP contribution >= 0.6 is 15.9 Å². The van der Waals surface area contributed by atoms with Crippen LogP contribution in [0.2, 0.25) is 0 Å². The third-order valence-corrected chi connectivity index (χ3v) is 6.61. The fourth-order valence-corrected chi connectivity index (χ4v) is 4.61. The summed E-state index contributed by atoms with van der Waals surface area (Å²) in [6.45, 7) is 2.23. The molecule has 2 saturated carbocycles. The molecule has 2 fully saturated rings. The number of anilines is 1. The summed E-state index contributed by atoms with van der Waals surface area (Å²) in [5.41, 5.74) is 2.43. The molecule has 2 aromatic heterocycles. The van der Waals surface area contributed by atoms with Crippen molar-refractivity contribution in [2.75, 3.05) is 5.32 Å². The average Bonchev–Trinajstić information content (AvgIpc) is 2.88. The molecule has 6 heteroatoms. The highest BCUT2D eigenvalue weighted by Crippen LogP contribution is 2.38. The maximum absolute atomic E-state index is 9.77. The van der Waals surface area contributed by atoms with E-state index in [9.17, 15) is 5.11 Å². The number of aliphatic hydroxyl groups excluding tert-OH is 1. The third-order valence-electron chi connectivity index (χ3n) is 5.98. The van der Waals surface area contributed by atoms with Crippen LogP contribution in [0.4, 0.5) is 5.95 Å². The normalized spacial score (nSPS) is 26.3. The zero-order valence-electron chi connectivity index (χ0n) is 14.1. The van der Waals surface area contributed by atoms with Crippen molar-refractivity contribution in [1.82, 2.24) is 14.6 Å². The molecule has 0 atom stereocenters. The van der Waals surface area contributed by atoms with Crippen LogP contribution < -0.4 is 5.32 Å². The Labute approximate surface area is 151 Å². The average molecular weight is 393 g/mol. The van der Waals surface area contributed by atoms with Crippen LogP contribution in [-0.4, -0.2) is 31.3 Å². The summed E-state index contributed by atoms with van der Waals surface area (Å²) in [7, 11) is 0. The maximum atomic E-state index is 9.77. The number of nitrogens with one attached hydrogen (secondary N) is 1. The third kappa shape index (κ3) is 2.84. The molecule has 0 aliphatic heterocycles. The molecule has 4 rings (SSSR count). The Balaban J connectivity index is 1.66. The minimum Gasteiger partial charge on any atom is -0.393 e. The molecule has 0 radical (unpaired) electrons. The minimum atomic E-state index is -0.134. The fourth-order valence-electron chi connectivity index (χ4n) is 4.10. The first-order valence-corrected chi connectivity index (χ1v) is 9.90. The van der Waals surface area contributed by atoms with Gasteiger partial charge in [0.15, 0.2) is 0 Å². The van der Waals surface area contributed by atoms with E-state index in [4.69, 9.17) is 5.10 Å². The maximum Gasteiger partial charge on any atom is 0.241 e. The fraction of sp³-hybridized carbons (Fsp3) is 0.667. The number of rotatable bonds is 4. The second kappa shape index (κ2) is 6.30. The molecular weight excluding hydrogens is 368 g/mol. The van der Waals surface area contributed by atoms with Crippen molar-refractivity contribution in [3.05, 3.63) is 22.4 Å². The molecule has 2 aromatic rings. The van der Waals surface area contributed by atoms with Gasteiger partial charge in [-0.1, -0.05) is 6.92 Å². The van der Waals surface area contributed by atoms with Gasteiger partial charge in [-0.15, -0.1) is 5.10 Å². The Hall–Kier alpha value is -1.14. The lowest BCUT2D eigenvalue weighted by molar-refractivity contribution is 0.121. The van der Waals surface area contributed by atoms with Crippen LogP contribution in [-0.2, 0) is 0 Å². The first kappa shape index (κ1) is 16.3. The van der Waals surface area contributed by atoms with Crippen LogP contribution in [0.3, 0.4) is 0 Å². The van der Waals surface area contributed by atoms with E-state index in [2.05, 4.69) is 39.2 Å². The molecule has 0 unspecified atom stereocenters. The van der Waals surface area contributed by atoms with Crippen molar-refractivity contribution in [3.63, 3.8) is 0 Å². The zero-order chi connectivity index (χ0) is 16.7. The number of hydrogen-bond donors (Lipinski definition) is 2. The van der Waals surface area contributed by atoms with Crippen molar-refractivity contribution in [2.45, 2.75) is 75.9 Å². The highest BCUT2D eigenvalue weighted by atomic mass is 79.9. The summed E-state index contributed by atoms with van der Waals surface area (Å²) in [4.78, 5) is 4.54. The SMILES string of the molecule is CCC1(Nc2ncc3c(Br)cc([C@H]4CC[C@H](O)CC4)n3n2)CCC1. The molecule has 0 amide bonds. The van der Waals surface area contributed by atoms with Crippen molar-refractivity contribution in [1.29, 1.82) is 0 Å². The second-order valence-electron chi connectivity index (χ2n) is 7.41. The van der Waals surface area contributed by atoms with Crippen LogP contribution in [0.1, 0.15) is 69.9 Å². The molecule has 2 aliphatic carbocycles. The van der Waals surface area contributed by atoms with E-state index in [0.717, 1.165) is 48.0 Å². The molecule has 0 aromatic carbocycles. The summed E-state index contributed by atoms with van der Waals surface area (Å²) in [6, 6.07) is 2.18. The Morgan fingerprint density at radius 2 is 2.08 bits per heavy atom. The van der Waals surface area contributed by atoms with Crippen molar-refractivity contribution in [3.8, 4) is 0 Å². The molecule has 2 aliphatic rings. The van der Waals surface area contributed by atoms with E-state index in [1.807, 2.05) is 10.7 Å². The smallest absolute Gasteiger partial charge is 0.241 e. The van der Waals surface area contributed by atoms with Crippen LogP contribution in [0.15, 0.2) is 16.7 Å². The number of hydrogen-bond acceptors (Lipinski definition) is 4. The van der Waals surface area contributed by atoms with Gasteiger partial charge in [-0.25, -0.2) is 9.50 Å². The molecule has 2 heterocycles. The van der Waals surface area contributed by atoms with Crippen LogP contribution in [0.5, 0.6) is 0 Å². The lowest BCUT2D eigenvalue weighted by Crippen LogP contribution is -2.44. The van der Waals surface area contributed by atoms with Gasteiger partial charge in [-0.2, -0.15) is 0 Å². The molecule has 0 saturated heterocycles. The molecular formula is C18H25BrN4O. The van der Waals surface area contributed by atoms with Gasteiger partial charge in [0.05, 0.1) is 17.8 Å². The van der Waals surface area contributed by atoms with Crippen molar-refractivity contribution >= 4 is 27.4 Å². The largest absolute Gasteiger partial charge is 0.393 e. The van der Waals surface area contributed by atoms with Gasteiger partial charge in [0.1, 0.15) is 0 Å². The summed E-state index contributed by atoms with van der Waals surface area (Å²) in [6.07, 6.45) is 10.4. The van der Waals surface area contributed by atoms with Gasteiger partial charge < -0.3 is 10.4 Å². The second-order valence-corrected chi connectivity index (χ2v) is 8.27. The molecule has 2 N–H and O–H groups in total. The van der Waals surface area contributed by atoms with E-state index < -0.39 is 0 Å². The number of fused-ring (bicyclic) bond motifs is 1. The monoisotopic (exact) mass is 392 g/mol. The highest BCUT2D eigenvalue weighted by Gasteiger charge is 2.35. The lowest BCUT2D eigenvalue weighted by atomic mass is 9.75. The summed E-state index contributed by atoms with van der Waals surface area (Å²) >= 11 is 3.65. The van der Waals surface area contributed by atoms with Gasteiger partial charge in [0, 0.05) is 21.6 Å². The summed E-state index contributed by atoms with van der Waals surface area (Å²) < 4.78 is 3.09.